The SMILES string of the molecule is CC(C)[C@H](NC(=O)CNC(=O)OC(C)(C)C)C(=O)NCC(=O)N[C@H](C(=O)N1CCC[C@H]1C(=O)N1CCN(c2nsc3ccccc23)CC1)C(C)C. The minimum Gasteiger partial charge on any atom is -0.444 e. The van der Waals surface area contributed by atoms with Gasteiger partial charge in [-0.25, -0.2) is 4.79 Å². The number of hydrogen-bond acceptors (Lipinski definition) is 10. The number of anilines is 1. The topological polar surface area (TPSA) is 182 Å². The van der Waals surface area contributed by atoms with E-state index in [1.165, 1.54) is 11.5 Å². The molecule has 51 heavy (non-hydrogen) atoms. The Balaban J connectivity index is 1.28. The average molecular weight is 729 g/mol. The highest BCUT2D eigenvalue weighted by Gasteiger charge is 2.41. The molecule has 0 saturated carbocycles. The van der Waals surface area contributed by atoms with Gasteiger partial charge in [-0.1, -0.05) is 39.8 Å². The molecule has 0 radical (unpaired) electrons. The third-order valence-electron chi connectivity index (χ3n) is 8.80. The number of alkyl carbamates (subject to hydrolysis) is 1. The molecule has 2 aromatic rings. The molecule has 2 fully saturated rings. The largest absolute Gasteiger partial charge is 0.444 e. The highest BCUT2D eigenvalue weighted by molar-refractivity contribution is 7.13. The maximum absolute atomic E-state index is 13.8. The number of carbonyl (C=O) groups is 6. The summed E-state index contributed by atoms with van der Waals surface area (Å²) in [6.07, 6.45) is 0.460. The van der Waals surface area contributed by atoms with Crippen molar-refractivity contribution >= 4 is 63.1 Å². The Hall–Kier alpha value is -4.47. The van der Waals surface area contributed by atoms with Crippen LogP contribution in [0.15, 0.2) is 24.3 Å². The lowest BCUT2D eigenvalue weighted by Gasteiger charge is -2.38. The molecule has 4 rings (SSSR count). The van der Waals surface area contributed by atoms with Crippen LogP contribution in [0.3, 0.4) is 0 Å². The van der Waals surface area contributed by atoms with Gasteiger partial charge in [0.15, 0.2) is 0 Å². The maximum Gasteiger partial charge on any atom is 0.408 e. The van der Waals surface area contributed by atoms with Crippen molar-refractivity contribution in [3.05, 3.63) is 24.3 Å². The molecule has 3 heterocycles. The van der Waals surface area contributed by atoms with Crippen molar-refractivity contribution in [1.82, 2.24) is 35.4 Å². The molecule has 2 saturated heterocycles. The van der Waals surface area contributed by atoms with E-state index in [1.807, 2.05) is 36.9 Å². The van der Waals surface area contributed by atoms with E-state index in [9.17, 15) is 28.8 Å². The number of fused-ring (bicyclic) bond motifs is 1. The molecule has 6 amide bonds. The highest BCUT2D eigenvalue weighted by Crippen LogP contribution is 2.30. The van der Waals surface area contributed by atoms with Crippen LogP contribution < -0.4 is 26.2 Å². The summed E-state index contributed by atoms with van der Waals surface area (Å²) in [7, 11) is 0. The molecule has 0 aliphatic carbocycles. The van der Waals surface area contributed by atoms with Crippen molar-refractivity contribution in [3.63, 3.8) is 0 Å². The zero-order valence-corrected chi connectivity index (χ0v) is 31.4. The summed E-state index contributed by atoms with van der Waals surface area (Å²) in [4.78, 5) is 83.5. The van der Waals surface area contributed by atoms with Crippen LogP contribution in [0, 0.1) is 11.8 Å². The van der Waals surface area contributed by atoms with Gasteiger partial charge in [-0.15, -0.1) is 0 Å². The standard InChI is InChI=1S/C35H52N8O7S/c1-21(2)28(38-27(45)20-37-34(49)50-35(5,6)7)31(46)36-19-26(44)39-29(22(3)4)33(48)43-14-10-12-24(43)32(47)42-17-15-41(16-18-42)30-23-11-8-9-13-25(23)51-40-30/h8-9,11,13,21-22,24,28-29H,10,12,14-20H2,1-7H3,(H,36,46)(H,37,49)(H,38,45)(H,39,44)/t24-,28-,29-/m0/s1. The molecule has 15 nitrogen and oxygen atoms in total. The van der Waals surface area contributed by atoms with Gasteiger partial charge in [-0.05, 0) is 69.1 Å². The molecular formula is C35H52N8O7S. The Morgan fingerprint density at radius 2 is 1.47 bits per heavy atom. The lowest BCUT2D eigenvalue weighted by Crippen LogP contribution is -2.58. The molecule has 3 atom stereocenters. The molecule has 1 aromatic heterocycles. The summed E-state index contributed by atoms with van der Waals surface area (Å²) in [5, 5.41) is 11.3. The van der Waals surface area contributed by atoms with E-state index in [0.29, 0.717) is 45.6 Å². The number of hydrogen-bond donors (Lipinski definition) is 4. The lowest BCUT2D eigenvalue weighted by molar-refractivity contribution is -0.146. The van der Waals surface area contributed by atoms with E-state index >= 15 is 0 Å². The molecule has 0 spiro atoms. The maximum atomic E-state index is 13.8. The molecule has 4 N–H and O–H groups in total. The smallest absolute Gasteiger partial charge is 0.408 e. The summed E-state index contributed by atoms with van der Waals surface area (Å²) >= 11 is 1.46. The normalized spacial score (nSPS) is 17.7. The number of ether oxygens (including phenoxy) is 1. The third-order valence-corrected chi connectivity index (χ3v) is 9.62. The predicted molar refractivity (Wildman–Crippen MR) is 194 cm³/mol. The van der Waals surface area contributed by atoms with Gasteiger partial charge in [0.1, 0.15) is 36.1 Å². The fourth-order valence-electron chi connectivity index (χ4n) is 6.16. The minimum atomic E-state index is -0.979. The van der Waals surface area contributed by atoms with E-state index in [-0.39, 0.29) is 23.7 Å². The first-order valence-corrected chi connectivity index (χ1v) is 18.3. The molecule has 2 aliphatic heterocycles. The van der Waals surface area contributed by atoms with Crippen molar-refractivity contribution in [2.45, 2.75) is 85.0 Å². The van der Waals surface area contributed by atoms with Crippen molar-refractivity contribution in [2.24, 2.45) is 11.8 Å². The lowest BCUT2D eigenvalue weighted by atomic mass is 10.0. The number of likely N-dealkylation sites (tertiary alicyclic amines) is 1. The number of carbonyl (C=O) groups excluding carboxylic acids is 6. The first-order valence-electron chi connectivity index (χ1n) is 17.6. The number of amides is 6. The average Bonchev–Trinajstić information content (AvgIpc) is 3.74. The summed E-state index contributed by atoms with van der Waals surface area (Å²) in [5.74, 6) is -1.88. The van der Waals surface area contributed by atoms with Gasteiger partial charge >= 0.3 is 6.09 Å². The number of aromatic nitrogens is 1. The number of nitrogens with zero attached hydrogens (tertiary/aromatic N) is 4. The third kappa shape index (κ3) is 10.5. The molecule has 280 valence electrons. The van der Waals surface area contributed by atoms with Crippen LogP contribution in [0.5, 0.6) is 0 Å². The van der Waals surface area contributed by atoms with E-state index in [1.54, 1.807) is 39.5 Å². The van der Waals surface area contributed by atoms with Crippen LogP contribution in [-0.4, -0.2) is 119 Å². The van der Waals surface area contributed by atoms with Crippen LogP contribution in [0.1, 0.15) is 61.3 Å². The first-order chi connectivity index (χ1) is 24.1. The summed E-state index contributed by atoms with van der Waals surface area (Å²) in [6.45, 7) is 14.1. The number of benzene rings is 1. The molecule has 1 aromatic carbocycles. The van der Waals surface area contributed by atoms with Crippen molar-refractivity contribution in [2.75, 3.05) is 50.7 Å². The van der Waals surface area contributed by atoms with Gasteiger partial charge in [-0.2, -0.15) is 4.37 Å². The second-order valence-electron chi connectivity index (χ2n) is 14.7. The summed E-state index contributed by atoms with van der Waals surface area (Å²) in [5.41, 5.74) is -0.732. The Morgan fingerprint density at radius 3 is 2.10 bits per heavy atom. The zero-order chi connectivity index (χ0) is 37.5. The number of piperazine rings is 1. The minimum absolute atomic E-state index is 0.0900. The molecule has 0 bridgehead atoms. The van der Waals surface area contributed by atoms with Crippen LogP contribution in [0.25, 0.3) is 10.1 Å². The fourth-order valence-corrected chi connectivity index (χ4v) is 6.95. The predicted octanol–water partition coefficient (Wildman–Crippen LogP) is 1.86. The van der Waals surface area contributed by atoms with Gasteiger partial charge < -0.3 is 40.7 Å². The Morgan fingerprint density at radius 1 is 0.863 bits per heavy atom. The van der Waals surface area contributed by atoms with Crippen molar-refractivity contribution < 1.29 is 33.5 Å². The van der Waals surface area contributed by atoms with E-state index in [4.69, 9.17) is 4.74 Å². The van der Waals surface area contributed by atoms with E-state index < -0.39 is 60.6 Å². The van der Waals surface area contributed by atoms with Crippen molar-refractivity contribution in [1.29, 1.82) is 0 Å². The molecule has 0 unspecified atom stereocenters. The monoisotopic (exact) mass is 728 g/mol. The molecule has 16 heteroatoms. The second kappa shape index (κ2) is 17.2. The first kappa shape index (κ1) is 39.3. The quantitative estimate of drug-likeness (QED) is 0.254. The van der Waals surface area contributed by atoms with E-state index in [2.05, 4.69) is 36.6 Å². The molecular weight excluding hydrogens is 677 g/mol. The summed E-state index contributed by atoms with van der Waals surface area (Å²) in [6, 6.07) is 5.60. The second-order valence-corrected chi connectivity index (χ2v) is 15.5. The van der Waals surface area contributed by atoms with Gasteiger partial charge in [0.25, 0.3) is 0 Å². The Bertz CT molecular complexity index is 1580. The fraction of sp³-hybridized carbons (Fsp3) is 0.629. The molecule has 2 aliphatic rings. The zero-order valence-electron chi connectivity index (χ0n) is 30.6. The Kier molecular flexibility index (Phi) is 13.2. The number of rotatable bonds is 12. The summed E-state index contributed by atoms with van der Waals surface area (Å²) < 4.78 is 10.9. The Labute approximate surface area is 303 Å². The van der Waals surface area contributed by atoms with Gasteiger partial charge in [0.2, 0.25) is 29.5 Å². The van der Waals surface area contributed by atoms with Gasteiger partial charge in [0, 0.05) is 38.1 Å². The highest BCUT2D eigenvalue weighted by atomic mass is 32.1. The van der Waals surface area contributed by atoms with Gasteiger partial charge in [-0.3, -0.25) is 24.0 Å². The van der Waals surface area contributed by atoms with Gasteiger partial charge in [0.05, 0.1) is 11.2 Å². The van der Waals surface area contributed by atoms with E-state index in [0.717, 1.165) is 15.9 Å². The van der Waals surface area contributed by atoms with Crippen LogP contribution >= 0.6 is 11.5 Å². The van der Waals surface area contributed by atoms with Crippen molar-refractivity contribution in [3.8, 4) is 0 Å². The van der Waals surface area contributed by atoms with Crippen LogP contribution in [0.4, 0.5) is 10.6 Å². The van der Waals surface area contributed by atoms with Crippen LogP contribution in [0.2, 0.25) is 0 Å². The van der Waals surface area contributed by atoms with Crippen LogP contribution in [-0.2, 0) is 28.7 Å². The number of nitrogens with one attached hydrogen (secondary N) is 4.